The van der Waals surface area contributed by atoms with E-state index in [1.807, 2.05) is 24.3 Å². The number of fused-ring (bicyclic) bond motifs is 1. The van der Waals surface area contributed by atoms with Crippen molar-refractivity contribution >= 4 is 11.6 Å². The molecule has 1 N–H and O–H groups in total. The van der Waals surface area contributed by atoms with Crippen LogP contribution in [0.5, 0.6) is 5.75 Å². The Bertz CT molecular complexity index is 730. The lowest BCUT2D eigenvalue weighted by atomic mass is 10.00. The molecule has 112 valence electrons. The SMILES string of the molecule is O=C(NC1CCOc2ccccc21)c1cccc([N+](=O)[O-])c1. The summed E-state index contributed by atoms with van der Waals surface area (Å²) in [6.45, 7) is 0.525. The maximum Gasteiger partial charge on any atom is 0.270 e. The standard InChI is InChI=1S/C16H14N2O4/c19-16(11-4-3-5-12(10-11)18(20)21)17-14-8-9-22-15-7-2-1-6-13(14)15/h1-7,10,14H,8-9H2,(H,17,19). The first kappa shape index (κ1) is 14.1. The van der Waals surface area contributed by atoms with E-state index in [1.165, 1.54) is 18.2 Å². The van der Waals surface area contributed by atoms with Crippen LogP contribution < -0.4 is 10.1 Å². The van der Waals surface area contributed by atoms with Gasteiger partial charge in [0.25, 0.3) is 11.6 Å². The second kappa shape index (κ2) is 5.85. The van der Waals surface area contributed by atoms with Crippen LogP contribution in [0.1, 0.15) is 28.4 Å². The van der Waals surface area contributed by atoms with Crippen molar-refractivity contribution < 1.29 is 14.5 Å². The summed E-state index contributed by atoms with van der Waals surface area (Å²) in [6.07, 6.45) is 0.664. The average molecular weight is 298 g/mol. The minimum absolute atomic E-state index is 0.0972. The molecule has 0 spiro atoms. The molecule has 3 rings (SSSR count). The topological polar surface area (TPSA) is 81.5 Å². The van der Waals surface area contributed by atoms with Gasteiger partial charge in [0.15, 0.2) is 0 Å². The van der Waals surface area contributed by atoms with Crippen LogP contribution in [0, 0.1) is 10.1 Å². The van der Waals surface area contributed by atoms with Gasteiger partial charge in [-0.1, -0.05) is 24.3 Å². The van der Waals surface area contributed by atoms with E-state index in [1.54, 1.807) is 6.07 Å². The average Bonchev–Trinajstić information content (AvgIpc) is 2.55. The Morgan fingerprint density at radius 2 is 2.05 bits per heavy atom. The van der Waals surface area contributed by atoms with Crippen molar-refractivity contribution in [3.63, 3.8) is 0 Å². The zero-order valence-corrected chi connectivity index (χ0v) is 11.7. The van der Waals surface area contributed by atoms with Gasteiger partial charge in [-0.2, -0.15) is 0 Å². The summed E-state index contributed by atoms with van der Waals surface area (Å²) in [4.78, 5) is 22.6. The monoisotopic (exact) mass is 298 g/mol. The lowest BCUT2D eigenvalue weighted by Gasteiger charge is -2.26. The molecule has 1 aliphatic rings. The highest BCUT2D eigenvalue weighted by atomic mass is 16.6. The van der Waals surface area contributed by atoms with Gasteiger partial charge >= 0.3 is 0 Å². The van der Waals surface area contributed by atoms with Gasteiger partial charge in [0.1, 0.15) is 5.75 Å². The summed E-state index contributed by atoms with van der Waals surface area (Å²) >= 11 is 0. The fraction of sp³-hybridized carbons (Fsp3) is 0.188. The fourth-order valence-corrected chi connectivity index (χ4v) is 2.49. The van der Waals surface area contributed by atoms with Gasteiger partial charge in [0, 0.05) is 29.7 Å². The maximum atomic E-state index is 12.3. The number of hydrogen-bond donors (Lipinski definition) is 1. The molecule has 2 aromatic carbocycles. The van der Waals surface area contributed by atoms with E-state index < -0.39 is 4.92 Å². The van der Waals surface area contributed by atoms with Crippen LogP contribution in [0.4, 0.5) is 5.69 Å². The molecule has 6 heteroatoms. The Balaban J connectivity index is 1.81. The van der Waals surface area contributed by atoms with Crippen LogP contribution >= 0.6 is 0 Å². The Kier molecular flexibility index (Phi) is 3.74. The predicted molar refractivity (Wildman–Crippen MR) is 79.9 cm³/mol. The van der Waals surface area contributed by atoms with Gasteiger partial charge in [-0.15, -0.1) is 0 Å². The number of nitro groups is 1. The zero-order valence-electron chi connectivity index (χ0n) is 11.7. The number of carbonyl (C=O) groups is 1. The molecule has 0 aliphatic carbocycles. The van der Waals surface area contributed by atoms with Crippen LogP contribution in [0.25, 0.3) is 0 Å². The van der Waals surface area contributed by atoms with Crippen LogP contribution in [0.3, 0.4) is 0 Å². The predicted octanol–water partition coefficient (Wildman–Crippen LogP) is 2.85. The molecule has 1 aliphatic heterocycles. The van der Waals surface area contributed by atoms with E-state index in [9.17, 15) is 14.9 Å². The number of carbonyl (C=O) groups excluding carboxylic acids is 1. The van der Waals surface area contributed by atoms with Gasteiger partial charge in [0.05, 0.1) is 17.6 Å². The van der Waals surface area contributed by atoms with E-state index in [4.69, 9.17) is 4.74 Å². The molecule has 6 nitrogen and oxygen atoms in total. The second-order valence-electron chi connectivity index (χ2n) is 5.01. The molecular weight excluding hydrogens is 284 g/mol. The Hall–Kier alpha value is -2.89. The van der Waals surface area contributed by atoms with Crippen LogP contribution in [0.2, 0.25) is 0 Å². The number of amides is 1. The molecule has 0 fully saturated rings. The summed E-state index contributed by atoms with van der Waals surface area (Å²) in [6, 6.07) is 13.1. The number of nitrogens with zero attached hydrogens (tertiary/aromatic N) is 1. The number of benzene rings is 2. The van der Waals surface area contributed by atoms with Gasteiger partial charge in [0.2, 0.25) is 0 Å². The van der Waals surface area contributed by atoms with Crippen molar-refractivity contribution in [2.75, 3.05) is 6.61 Å². The van der Waals surface area contributed by atoms with Crippen LogP contribution in [0.15, 0.2) is 48.5 Å². The van der Waals surface area contributed by atoms with Crippen LogP contribution in [-0.2, 0) is 0 Å². The molecule has 0 saturated heterocycles. The summed E-state index contributed by atoms with van der Waals surface area (Å²) < 4.78 is 5.55. The molecule has 1 heterocycles. The highest BCUT2D eigenvalue weighted by molar-refractivity contribution is 5.95. The summed E-state index contributed by atoms with van der Waals surface area (Å²) in [5.41, 5.74) is 1.10. The zero-order chi connectivity index (χ0) is 15.5. The van der Waals surface area contributed by atoms with Gasteiger partial charge in [-0.05, 0) is 12.1 Å². The second-order valence-corrected chi connectivity index (χ2v) is 5.01. The maximum absolute atomic E-state index is 12.3. The quantitative estimate of drug-likeness (QED) is 0.698. The molecule has 0 aromatic heterocycles. The first-order valence-corrected chi connectivity index (χ1v) is 6.92. The van der Waals surface area contributed by atoms with Crippen molar-refractivity contribution in [2.24, 2.45) is 0 Å². The van der Waals surface area contributed by atoms with Crippen molar-refractivity contribution in [1.82, 2.24) is 5.32 Å². The lowest BCUT2D eigenvalue weighted by molar-refractivity contribution is -0.384. The molecule has 0 radical (unpaired) electrons. The van der Waals surface area contributed by atoms with Crippen molar-refractivity contribution in [3.05, 3.63) is 69.8 Å². The Labute approximate surface area is 126 Å². The van der Waals surface area contributed by atoms with Crippen molar-refractivity contribution in [2.45, 2.75) is 12.5 Å². The number of para-hydroxylation sites is 1. The molecule has 1 atom stereocenters. The van der Waals surface area contributed by atoms with Crippen LogP contribution in [-0.4, -0.2) is 17.4 Å². The molecular formula is C16H14N2O4. The van der Waals surface area contributed by atoms with Gasteiger partial charge < -0.3 is 10.1 Å². The van der Waals surface area contributed by atoms with E-state index in [-0.39, 0.29) is 23.2 Å². The number of nitro benzene ring substituents is 1. The third-order valence-electron chi connectivity index (χ3n) is 3.58. The number of nitrogens with one attached hydrogen (secondary N) is 1. The molecule has 22 heavy (non-hydrogen) atoms. The third kappa shape index (κ3) is 2.76. The summed E-state index contributed by atoms with van der Waals surface area (Å²) in [7, 11) is 0. The molecule has 0 saturated carbocycles. The number of hydrogen-bond acceptors (Lipinski definition) is 4. The van der Waals surface area contributed by atoms with Crippen molar-refractivity contribution in [1.29, 1.82) is 0 Å². The number of non-ortho nitro benzene ring substituents is 1. The Morgan fingerprint density at radius 3 is 2.86 bits per heavy atom. The molecule has 1 amide bonds. The number of rotatable bonds is 3. The third-order valence-corrected chi connectivity index (χ3v) is 3.58. The summed E-state index contributed by atoms with van der Waals surface area (Å²) in [5, 5.41) is 13.7. The van der Waals surface area contributed by atoms with Gasteiger partial charge in [-0.3, -0.25) is 14.9 Å². The minimum Gasteiger partial charge on any atom is -0.493 e. The van der Waals surface area contributed by atoms with Crippen molar-refractivity contribution in [3.8, 4) is 5.75 Å². The lowest BCUT2D eigenvalue weighted by Crippen LogP contribution is -2.32. The van der Waals surface area contributed by atoms with E-state index in [0.717, 1.165) is 11.3 Å². The highest BCUT2D eigenvalue weighted by Crippen LogP contribution is 2.31. The minimum atomic E-state index is -0.513. The smallest absolute Gasteiger partial charge is 0.270 e. The Morgan fingerprint density at radius 1 is 1.23 bits per heavy atom. The van der Waals surface area contributed by atoms with E-state index in [0.29, 0.717) is 13.0 Å². The first-order valence-electron chi connectivity index (χ1n) is 6.92. The largest absolute Gasteiger partial charge is 0.493 e. The molecule has 2 aromatic rings. The molecule has 0 bridgehead atoms. The normalized spacial score (nSPS) is 16.3. The molecule has 1 unspecified atom stereocenters. The summed E-state index contributed by atoms with van der Waals surface area (Å²) in [5.74, 6) is 0.434. The van der Waals surface area contributed by atoms with E-state index in [2.05, 4.69) is 5.32 Å². The fourth-order valence-electron chi connectivity index (χ4n) is 2.49. The highest BCUT2D eigenvalue weighted by Gasteiger charge is 2.23. The number of ether oxygens (including phenoxy) is 1. The van der Waals surface area contributed by atoms with Gasteiger partial charge in [-0.25, -0.2) is 0 Å². The first-order chi connectivity index (χ1) is 10.6. The van der Waals surface area contributed by atoms with E-state index >= 15 is 0 Å².